The molecular weight excluding hydrogens is 324 g/mol. The van der Waals surface area contributed by atoms with E-state index in [0.717, 1.165) is 11.1 Å². The van der Waals surface area contributed by atoms with Gasteiger partial charge in [-0.15, -0.1) is 0 Å². The Morgan fingerprint density at radius 3 is 2.58 bits per heavy atom. The van der Waals surface area contributed by atoms with Gasteiger partial charge in [-0.1, -0.05) is 30.3 Å². The first-order valence-electron chi connectivity index (χ1n) is 7.59. The molecule has 1 aliphatic rings. The highest BCUT2D eigenvalue weighted by Gasteiger charge is 2.23. The van der Waals surface area contributed by atoms with Gasteiger partial charge < -0.3 is 5.73 Å². The van der Waals surface area contributed by atoms with Crippen LogP contribution in [0.15, 0.2) is 47.4 Å². The van der Waals surface area contributed by atoms with Gasteiger partial charge in [-0.2, -0.15) is 0 Å². The maximum absolute atomic E-state index is 12.7. The molecule has 0 saturated carbocycles. The molecule has 0 unspecified atom stereocenters. The second-order valence-corrected chi connectivity index (χ2v) is 7.49. The zero-order chi connectivity index (χ0) is 17.3. The third kappa shape index (κ3) is 3.05. The van der Waals surface area contributed by atoms with Gasteiger partial charge in [0.1, 0.15) is 0 Å². The molecule has 124 valence electrons. The van der Waals surface area contributed by atoms with Crippen LogP contribution in [0.3, 0.4) is 0 Å². The molecule has 0 aliphatic heterocycles. The second kappa shape index (κ2) is 6.13. The summed E-state index contributed by atoms with van der Waals surface area (Å²) in [7, 11) is -3.69. The number of carbonyl (C=O) groups is 1. The fourth-order valence-corrected chi connectivity index (χ4v) is 4.14. The summed E-state index contributed by atoms with van der Waals surface area (Å²) in [6.45, 7) is 1.67. The number of allylic oxidation sites excluding steroid dienone is 1. The molecule has 0 atom stereocenters. The van der Waals surface area contributed by atoms with Gasteiger partial charge in [0.25, 0.3) is 10.0 Å². The van der Waals surface area contributed by atoms with Crippen LogP contribution in [-0.4, -0.2) is 14.3 Å². The Labute approximate surface area is 141 Å². The van der Waals surface area contributed by atoms with Gasteiger partial charge in [-0.3, -0.25) is 9.52 Å². The first-order valence-corrected chi connectivity index (χ1v) is 9.07. The first-order chi connectivity index (χ1) is 11.4. The van der Waals surface area contributed by atoms with Crippen LogP contribution < -0.4 is 10.5 Å². The smallest absolute Gasteiger partial charge is 0.258 e. The molecule has 24 heavy (non-hydrogen) atoms. The van der Waals surface area contributed by atoms with Gasteiger partial charge in [0.2, 0.25) is 5.91 Å². The number of hydrogen-bond acceptors (Lipinski definition) is 3. The maximum atomic E-state index is 12.7. The van der Waals surface area contributed by atoms with Crippen molar-refractivity contribution in [1.29, 1.82) is 0 Å². The highest BCUT2D eigenvalue weighted by atomic mass is 32.2. The summed E-state index contributed by atoms with van der Waals surface area (Å²) in [5.74, 6) is -0.584. The van der Waals surface area contributed by atoms with Crippen molar-refractivity contribution in [2.24, 2.45) is 5.73 Å². The van der Waals surface area contributed by atoms with Crippen LogP contribution in [0.4, 0.5) is 5.69 Å². The van der Waals surface area contributed by atoms with E-state index in [2.05, 4.69) is 4.72 Å². The Morgan fingerprint density at radius 2 is 1.83 bits per heavy atom. The highest BCUT2D eigenvalue weighted by molar-refractivity contribution is 7.96. The van der Waals surface area contributed by atoms with Crippen LogP contribution in [0.1, 0.15) is 33.5 Å². The van der Waals surface area contributed by atoms with E-state index < -0.39 is 15.9 Å². The normalized spacial score (nSPS) is 13.8. The molecule has 0 spiro atoms. The number of rotatable bonds is 4. The number of hydrogen-bond donors (Lipinski definition) is 2. The van der Waals surface area contributed by atoms with E-state index in [0.29, 0.717) is 34.6 Å². The van der Waals surface area contributed by atoms with Crippen LogP contribution in [-0.2, 0) is 16.4 Å². The monoisotopic (exact) mass is 342 g/mol. The summed E-state index contributed by atoms with van der Waals surface area (Å²) in [5, 5.41) is 0. The lowest BCUT2D eigenvalue weighted by molar-refractivity contribution is 0.0999. The minimum atomic E-state index is -3.69. The van der Waals surface area contributed by atoms with E-state index in [1.807, 2.05) is 24.3 Å². The van der Waals surface area contributed by atoms with Gasteiger partial charge >= 0.3 is 0 Å². The van der Waals surface area contributed by atoms with Crippen molar-refractivity contribution in [1.82, 2.24) is 0 Å². The van der Waals surface area contributed by atoms with E-state index in [1.165, 1.54) is 0 Å². The van der Waals surface area contributed by atoms with Crippen LogP contribution in [0, 0.1) is 6.92 Å². The summed E-state index contributed by atoms with van der Waals surface area (Å²) in [6, 6.07) is 12.5. The van der Waals surface area contributed by atoms with E-state index in [1.54, 1.807) is 31.2 Å². The minimum Gasteiger partial charge on any atom is -0.366 e. The van der Waals surface area contributed by atoms with E-state index in [-0.39, 0.29) is 0 Å². The Kier molecular flexibility index (Phi) is 4.15. The third-order valence-electron chi connectivity index (χ3n) is 4.20. The lowest BCUT2D eigenvalue weighted by Crippen LogP contribution is -2.19. The van der Waals surface area contributed by atoms with Crippen molar-refractivity contribution in [3.05, 3.63) is 69.6 Å². The molecule has 3 N–H and O–H groups in total. The van der Waals surface area contributed by atoms with Crippen molar-refractivity contribution in [2.75, 3.05) is 4.72 Å². The molecule has 1 amide bonds. The summed E-state index contributed by atoms with van der Waals surface area (Å²) >= 11 is 0. The number of primary amides is 1. The number of nitrogens with two attached hydrogens (primary N) is 1. The number of sulfonamides is 1. The standard InChI is InChI=1S/C18H18N2O3S/c1-12-16(18(19)21)7-4-8-17(12)20-24(22,23)15-10-9-13-5-2-3-6-14(13)11-15/h2-8,11,20H,9-10H2,1H3,(H2,19,21). The molecule has 0 fully saturated rings. The molecule has 0 saturated heterocycles. The second-order valence-electron chi connectivity index (χ2n) is 5.76. The van der Waals surface area contributed by atoms with Gasteiger partial charge in [0, 0.05) is 5.56 Å². The highest BCUT2D eigenvalue weighted by Crippen LogP contribution is 2.29. The maximum Gasteiger partial charge on any atom is 0.258 e. The van der Waals surface area contributed by atoms with Crippen LogP contribution >= 0.6 is 0 Å². The molecule has 3 rings (SSSR count). The molecule has 2 aromatic carbocycles. The Morgan fingerprint density at radius 1 is 1.08 bits per heavy atom. The quantitative estimate of drug-likeness (QED) is 0.895. The molecule has 0 bridgehead atoms. The number of fused-ring (bicyclic) bond motifs is 1. The largest absolute Gasteiger partial charge is 0.366 e. The minimum absolute atomic E-state index is 0.304. The molecule has 0 aromatic heterocycles. The molecule has 0 heterocycles. The fraction of sp³-hybridized carbons (Fsp3) is 0.167. The number of aryl methyl sites for hydroxylation is 1. The molecular formula is C18H18N2O3S. The Balaban J connectivity index is 1.95. The van der Waals surface area contributed by atoms with Gasteiger partial charge in [0.15, 0.2) is 0 Å². The summed E-state index contributed by atoms with van der Waals surface area (Å²) < 4.78 is 28.0. The molecule has 0 radical (unpaired) electrons. The first kappa shape index (κ1) is 16.3. The fourth-order valence-electron chi connectivity index (χ4n) is 2.84. The lowest BCUT2D eigenvalue weighted by atomic mass is 9.98. The Bertz CT molecular complexity index is 946. The third-order valence-corrected chi connectivity index (χ3v) is 5.70. The number of carbonyl (C=O) groups excluding carboxylic acids is 1. The molecule has 2 aromatic rings. The van der Waals surface area contributed by atoms with E-state index in [4.69, 9.17) is 5.73 Å². The molecule has 5 nitrogen and oxygen atoms in total. The van der Waals surface area contributed by atoms with Crippen molar-refractivity contribution >= 4 is 27.7 Å². The summed E-state index contributed by atoms with van der Waals surface area (Å²) in [6.07, 6.45) is 2.83. The van der Waals surface area contributed by atoms with Crippen molar-refractivity contribution < 1.29 is 13.2 Å². The Hall–Kier alpha value is -2.60. The number of anilines is 1. The lowest BCUT2D eigenvalue weighted by Gasteiger charge is -2.18. The predicted molar refractivity (Wildman–Crippen MR) is 95.0 cm³/mol. The van der Waals surface area contributed by atoms with Crippen molar-refractivity contribution in [2.45, 2.75) is 19.8 Å². The van der Waals surface area contributed by atoms with E-state index in [9.17, 15) is 13.2 Å². The van der Waals surface area contributed by atoms with Gasteiger partial charge in [0.05, 0.1) is 10.6 Å². The van der Waals surface area contributed by atoms with Crippen molar-refractivity contribution in [3.63, 3.8) is 0 Å². The summed E-state index contributed by atoms with van der Waals surface area (Å²) in [4.78, 5) is 11.8. The van der Waals surface area contributed by atoms with E-state index >= 15 is 0 Å². The molecule has 1 aliphatic carbocycles. The van der Waals surface area contributed by atoms with Gasteiger partial charge in [-0.25, -0.2) is 8.42 Å². The number of benzene rings is 2. The topological polar surface area (TPSA) is 89.3 Å². The average molecular weight is 342 g/mol. The van der Waals surface area contributed by atoms with Gasteiger partial charge in [-0.05, 0) is 54.7 Å². The van der Waals surface area contributed by atoms with Crippen molar-refractivity contribution in [3.8, 4) is 0 Å². The SMILES string of the molecule is Cc1c(NS(=O)(=O)C2=Cc3ccccc3CC2)cccc1C(N)=O. The van der Waals surface area contributed by atoms with Crippen LogP contribution in [0.2, 0.25) is 0 Å². The zero-order valence-corrected chi connectivity index (χ0v) is 14.1. The summed E-state index contributed by atoms with van der Waals surface area (Å²) in [5.41, 5.74) is 8.57. The number of nitrogens with one attached hydrogen (secondary N) is 1. The van der Waals surface area contributed by atoms with Crippen LogP contribution in [0.25, 0.3) is 6.08 Å². The average Bonchev–Trinajstić information content (AvgIpc) is 2.56. The number of amides is 1. The zero-order valence-electron chi connectivity index (χ0n) is 13.2. The molecule has 6 heteroatoms. The van der Waals surface area contributed by atoms with Crippen LogP contribution in [0.5, 0.6) is 0 Å². The predicted octanol–water partition coefficient (Wildman–Crippen LogP) is 2.82.